The van der Waals surface area contributed by atoms with Crippen LogP contribution >= 0.6 is 11.8 Å². The summed E-state index contributed by atoms with van der Waals surface area (Å²) >= 11 is 1.42. The fraction of sp³-hybridized carbons (Fsp3) is 0.300. The SMILES string of the molecule is C[C@H](Sc1ccccc1)C(=O)O[C@H](C(=O)NC1CC1)c1ccccc1. The topological polar surface area (TPSA) is 55.4 Å². The number of rotatable bonds is 7. The molecule has 0 heterocycles. The third-order valence-corrected chi connectivity index (χ3v) is 4.98. The summed E-state index contributed by atoms with van der Waals surface area (Å²) in [5.41, 5.74) is 0.686. The van der Waals surface area contributed by atoms with E-state index in [0.29, 0.717) is 5.56 Å². The summed E-state index contributed by atoms with van der Waals surface area (Å²) in [4.78, 5) is 26.0. The Morgan fingerprint density at radius 2 is 1.64 bits per heavy atom. The van der Waals surface area contributed by atoms with Crippen LogP contribution in [0, 0.1) is 0 Å². The summed E-state index contributed by atoms with van der Waals surface area (Å²) < 4.78 is 5.59. The zero-order valence-corrected chi connectivity index (χ0v) is 14.9. The maximum Gasteiger partial charge on any atom is 0.320 e. The summed E-state index contributed by atoms with van der Waals surface area (Å²) in [6, 6.07) is 19.0. The van der Waals surface area contributed by atoms with Crippen molar-refractivity contribution < 1.29 is 14.3 Å². The van der Waals surface area contributed by atoms with E-state index in [1.807, 2.05) is 48.5 Å². The minimum Gasteiger partial charge on any atom is -0.446 e. The molecule has 0 aliphatic heterocycles. The highest BCUT2D eigenvalue weighted by atomic mass is 32.2. The van der Waals surface area contributed by atoms with Gasteiger partial charge in [0.25, 0.3) is 5.91 Å². The molecule has 1 saturated carbocycles. The van der Waals surface area contributed by atoms with Crippen LogP contribution in [-0.2, 0) is 14.3 Å². The molecule has 25 heavy (non-hydrogen) atoms. The normalized spacial score (nSPS) is 15.9. The van der Waals surface area contributed by atoms with Crippen molar-refractivity contribution in [1.29, 1.82) is 0 Å². The van der Waals surface area contributed by atoms with Gasteiger partial charge >= 0.3 is 5.97 Å². The molecule has 0 unspecified atom stereocenters. The molecule has 2 aromatic carbocycles. The van der Waals surface area contributed by atoms with E-state index in [4.69, 9.17) is 4.74 Å². The van der Waals surface area contributed by atoms with Crippen LogP contribution in [0.1, 0.15) is 31.4 Å². The van der Waals surface area contributed by atoms with E-state index in [2.05, 4.69) is 5.32 Å². The number of ether oxygens (including phenoxy) is 1. The van der Waals surface area contributed by atoms with E-state index in [1.165, 1.54) is 11.8 Å². The van der Waals surface area contributed by atoms with Crippen molar-refractivity contribution in [3.05, 3.63) is 66.2 Å². The van der Waals surface area contributed by atoms with Crippen LogP contribution in [0.4, 0.5) is 0 Å². The second-order valence-corrected chi connectivity index (χ2v) is 7.50. The molecule has 5 heteroatoms. The predicted molar refractivity (Wildman–Crippen MR) is 98.2 cm³/mol. The van der Waals surface area contributed by atoms with Gasteiger partial charge < -0.3 is 10.1 Å². The van der Waals surface area contributed by atoms with Gasteiger partial charge in [-0.05, 0) is 31.9 Å². The Labute approximate surface area is 152 Å². The standard InChI is InChI=1S/C20H21NO3S/c1-14(25-17-10-6-3-7-11-17)20(23)24-18(15-8-4-2-5-9-15)19(22)21-16-12-13-16/h2-11,14,16,18H,12-13H2,1H3,(H,21,22)/t14-,18-/m0/s1. The van der Waals surface area contributed by atoms with Gasteiger partial charge in [0.15, 0.2) is 0 Å². The Bertz CT molecular complexity index is 716. The van der Waals surface area contributed by atoms with E-state index in [1.54, 1.807) is 19.1 Å². The summed E-state index contributed by atoms with van der Waals surface area (Å²) in [6.45, 7) is 1.79. The van der Waals surface area contributed by atoms with Crippen LogP contribution in [0.15, 0.2) is 65.6 Å². The lowest BCUT2D eigenvalue weighted by Crippen LogP contribution is -2.34. The van der Waals surface area contributed by atoms with Crippen LogP contribution in [0.2, 0.25) is 0 Å². The fourth-order valence-electron chi connectivity index (χ4n) is 2.37. The highest BCUT2D eigenvalue weighted by Crippen LogP contribution is 2.27. The monoisotopic (exact) mass is 355 g/mol. The average Bonchev–Trinajstić information content (AvgIpc) is 3.45. The lowest BCUT2D eigenvalue weighted by molar-refractivity contribution is -0.155. The maximum atomic E-state index is 12.5. The molecule has 1 aliphatic carbocycles. The predicted octanol–water partition coefficient (Wildman–Crippen LogP) is 3.73. The van der Waals surface area contributed by atoms with Gasteiger partial charge in [-0.1, -0.05) is 48.5 Å². The van der Waals surface area contributed by atoms with Crippen molar-refractivity contribution in [2.24, 2.45) is 0 Å². The highest BCUT2D eigenvalue weighted by Gasteiger charge is 2.32. The molecule has 130 valence electrons. The van der Waals surface area contributed by atoms with Gasteiger partial charge in [-0.2, -0.15) is 0 Å². The number of esters is 1. The minimum absolute atomic E-state index is 0.216. The summed E-state index contributed by atoms with van der Waals surface area (Å²) in [7, 11) is 0. The van der Waals surface area contributed by atoms with Crippen molar-refractivity contribution in [1.82, 2.24) is 5.32 Å². The number of carbonyl (C=O) groups is 2. The Morgan fingerprint density at radius 1 is 1.04 bits per heavy atom. The first kappa shape index (κ1) is 17.5. The number of thioether (sulfide) groups is 1. The molecule has 0 bridgehead atoms. The van der Waals surface area contributed by atoms with E-state index in [-0.39, 0.29) is 11.9 Å². The second-order valence-electron chi connectivity index (χ2n) is 6.08. The zero-order chi connectivity index (χ0) is 17.6. The third-order valence-electron chi connectivity index (χ3n) is 3.89. The number of nitrogens with one attached hydrogen (secondary N) is 1. The first-order valence-electron chi connectivity index (χ1n) is 8.41. The molecule has 1 amide bonds. The number of benzene rings is 2. The van der Waals surface area contributed by atoms with E-state index >= 15 is 0 Å². The third kappa shape index (κ3) is 5.10. The highest BCUT2D eigenvalue weighted by molar-refractivity contribution is 8.00. The second kappa shape index (κ2) is 8.21. The van der Waals surface area contributed by atoms with E-state index < -0.39 is 17.3 Å². The minimum atomic E-state index is -0.909. The number of hydrogen-bond donors (Lipinski definition) is 1. The molecule has 0 aromatic heterocycles. The summed E-state index contributed by atoms with van der Waals surface area (Å²) in [5.74, 6) is -0.646. The molecule has 1 aliphatic rings. The molecule has 3 rings (SSSR count). The molecule has 2 atom stereocenters. The molecule has 0 saturated heterocycles. The molecule has 0 spiro atoms. The van der Waals surface area contributed by atoms with Crippen LogP contribution in [0.25, 0.3) is 0 Å². The van der Waals surface area contributed by atoms with Crippen molar-refractivity contribution >= 4 is 23.6 Å². The average molecular weight is 355 g/mol. The lowest BCUT2D eigenvalue weighted by Gasteiger charge is -2.20. The molecular weight excluding hydrogens is 334 g/mol. The maximum absolute atomic E-state index is 12.5. The Morgan fingerprint density at radius 3 is 2.24 bits per heavy atom. The van der Waals surface area contributed by atoms with Crippen LogP contribution in [0.5, 0.6) is 0 Å². The fourth-order valence-corrected chi connectivity index (χ4v) is 3.24. The van der Waals surface area contributed by atoms with Gasteiger partial charge in [0.2, 0.25) is 6.10 Å². The molecule has 1 N–H and O–H groups in total. The van der Waals surface area contributed by atoms with Gasteiger partial charge in [-0.3, -0.25) is 9.59 Å². The van der Waals surface area contributed by atoms with E-state index in [9.17, 15) is 9.59 Å². The van der Waals surface area contributed by atoms with Crippen molar-refractivity contribution in [3.63, 3.8) is 0 Å². The smallest absolute Gasteiger partial charge is 0.320 e. The Balaban J connectivity index is 1.68. The van der Waals surface area contributed by atoms with Gasteiger partial charge in [0, 0.05) is 16.5 Å². The number of amides is 1. The Hall–Kier alpha value is -2.27. The van der Waals surface area contributed by atoms with Crippen LogP contribution < -0.4 is 5.32 Å². The van der Waals surface area contributed by atoms with Gasteiger partial charge in [0.1, 0.15) is 5.25 Å². The molecule has 4 nitrogen and oxygen atoms in total. The molecule has 1 fully saturated rings. The largest absolute Gasteiger partial charge is 0.446 e. The van der Waals surface area contributed by atoms with Crippen molar-refractivity contribution in [3.8, 4) is 0 Å². The van der Waals surface area contributed by atoms with Crippen molar-refractivity contribution in [2.75, 3.05) is 0 Å². The molecular formula is C20H21NO3S. The first-order valence-corrected chi connectivity index (χ1v) is 9.29. The van der Waals surface area contributed by atoms with Crippen molar-refractivity contribution in [2.45, 2.75) is 42.1 Å². The Kier molecular flexibility index (Phi) is 5.76. The van der Waals surface area contributed by atoms with Crippen LogP contribution in [0.3, 0.4) is 0 Å². The summed E-state index contributed by atoms with van der Waals surface area (Å²) in [5, 5.41) is 2.52. The lowest BCUT2D eigenvalue weighted by atomic mass is 10.1. The first-order chi connectivity index (χ1) is 12.1. The van der Waals surface area contributed by atoms with Gasteiger partial charge in [-0.25, -0.2) is 0 Å². The summed E-state index contributed by atoms with van der Waals surface area (Å²) in [6.07, 6.45) is 1.07. The van der Waals surface area contributed by atoms with Gasteiger partial charge in [-0.15, -0.1) is 11.8 Å². The molecule has 0 radical (unpaired) electrons. The molecule has 2 aromatic rings. The number of hydrogen-bond acceptors (Lipinski definition) is 4. The van der Waals surface area contributed by atoms with E-state index in [0.717, 1.165) is 17.7 Å². The van der Waals surface area contributed by atoms with Crippen LogP contribution in [-0.4, -0.2) is 23.2 Å². The van der Waals surface area contributed by atoms with Gasteiger partial charge in [0.05, 0.1) is 0 Å². The number of carbonyl (C=O) groups excluding carboxylic acids is 2. The zero-order valence-electron chi connectivity index (χ0n) is 14.1. The quantitative estimate of drug-likeness (QED) is 0.607.